The van der Waals surface area contributed by atoms with Crippen molar-refractivity contribution in [3.63, 3.8) is 0 Å². The Bertz CT molecular complexity index is 821. The first-order valence-corrected chi connectivity index (χ1v) is 11.3. The highest BCUT2D eigenvalue weighted by atomic mass is 32.2. The van der Waals surface area contributed by atoms with E-state index in [1.54, 1.807) is 6.20 Å². The topological polar surface area (TPSA) is 59.4 Å². The molecule has 0 radical (unpaired) electrons. The molecule has 158 valence electrons. The molecule has 1 aromatic carbocycles. The van der Waals surface area contributed by atoms with Gasteiger partial charge in [-0.25, -0.2) is 4.98 Å². The summed E-state index contributed by atoms with van der Waals surface area (Å²) in [6, 6.07) is 6.23. The molecule has 1 N–H and O–H groups in total. The molecule has 1 aliphatic rings. The van der Waals surface area contributed by atoms with Crippen LogP contribution in [0, 0.1) is 19.8 Å². The standard InChI is InChI=1S/C22H32N4O2S/c1-16(2)13-25-10-11-28-19(14-25)12-24-21(27)15-29-22-23-8-9-26(22)20-7-5-6-17(3)18(20)4/h5-9,16,19H,10-15H2,1-4H3,(H,24,27). The second-order valence-electron chi connectivity index (χ2n) is 8.04. The maximum absolute atomic E-state index is 12.4. The van der Waals surface area contributed by atoms with Crippen LogP contribution in [0.4, 0.5) is 0 Å². The zero-order valence-electron chi connectivity index (χ0n) is 17.9. The Morgan fingerprint density at radius 2 is 2.21 bits per heavy atom. The van der Waals surface area contributed by atoms with Crippen LogP contribution in [-0.4, -0.2) is 65.0 Å². The molecule has 6 nitrogen and oxygen atoms in total. The molecule has 2 aromatic rings. The van der Waals surface area contributed by atoms with Crippen LogP contribution in [0.15, 0.2) is 35.7 Å². The summed E-state index contributed by atoms with van der Waals surface area (Å²) in [5, 5.41) is 3.84. The Hall–Kier alpha value is -1.83. The molecule has 0 aliphatic carbocycles. The summed E-state index contributed by atoms with van der Waals surface area (Å²) in [6.45, 7) is 12.9. The van der Waals surface area contributed by atoms with Gasteiger partial charge in [0.2, 0.25) is 5.91 Å². The molecule has 1 atom stereocenters. The smallest absolute Gasteiger partial charge is 0.230 e. The highest BCUT2D eigenvalue weighted by Gasteiger charge is 2.21. The van der Waals surface area contributed by atoms with Gasteiger partial charge in [0.05, 0.1) is 24.2 Å². The Balaban J connectivity index is 1.49. The van der Waals surface area contributed by atoms with Crippen molar-refractivity contribution in [1.29, 1.82) is 0 Å². The molecule has 1 fully saturated rings. The molecular formula is C22H32N4O2S. The van der Waals surface area contributed by atoms with E-state index >= 15 is 0 Å². The Labute approximate surface area is 178 Å². The number of aryl methyl sites for hydroxylation is 1. The minimum atomic E-state index is 0.00935. The van der Waals surface area contributed by atoms with Gasteiger partial charge in [0.25, 0.3) is 0 Å². The van der Waals surface area contributed by atoms with Crippen LogP contribution in [-0.2, 0) is 9.53 Å². The van der Waals surface area contributed by atoms with Crippen molar-refractivity contribution in [2.75, 3.05) is 38.5 Å². The van der Waals surface area contributed by atoms with Gasteiger partial charge in [-0.05, 0) is 37.0 Å². The summed E-state index contributed by atoms with van der Waals surface area (Å²) in [5.41, 5.74) is 3.56. The third-order valence-electron chi connectivity index (χ3n) is 5.15. The van der Waals surface area contributed by atoms with E-state index in [0.717, 1.165) is 37.1 Å². The van der Waals surface area contributed by atoms with Crippen LogP contribution in [0.2, 0.25) is 0 Å². The molecule has 1 amide bonds. The summed E-state index contributed by atoms with van der Waals surface area (Å²) in [5.74, 6) is 0.986. The predicted molar refractivity (Wildman–Crippen MR) is 118 cm³/mol. The predicted octanol–water partition coefficient (Wildman–Crippen LogP) is 3.05. The number of ether oxygens (including phenoxy) is 1. The SMILES string of the molecule is Cc1cccc(-n2ccnc2SCC(=O)NCC2CN(CC(C)C)CCO2)c1C. The maximum atomic E-state index is 12.4. The quantitative estimate of drug-likeness (QED) is 0.670. The zero-order chi connectivity index (χ0) is 20.8. The number of morpholine rings is 1. The number of nitrogens with one attached hydrogen (secondary N) is 1. The van der Waals surface area contributed by atoms with E-state index in [4.69, 9.17) is 4.74 Å². The molecule has 2 heterocycles. The minimum Gasteiger partial charge on any atom is -0.374 e. The first-order chi connectivity index (χ1) is 13.9. The molecule has 1 unspecified atom stereocenters. The van der Waals surface area contributed by atoms with Crippen molar-refractivity contribution in [2.24, 2.45) is 5.92 Å². The van der Waals surface area contributed by atoms with Gasteiger partial charge >= 0.3 is 0 Å². The number of hydrogen-bond donors (Lipinski definition) is 1. The summed E-state index contributed by atoms with van der Waals surface area (Å²) in [4.78, 5) is 19.2. The molecular weight excluding hydrogens is 384 g/mol. The fraction of sp³-hybridized carbons (Fsp3) is 0.545. The average Bonchev–Trinajstić information content (AvgIpc) is 3.15. The lowest BCUT2D eigenvalue weighted by Gasteiger charge is -2.33. The fourth-order valence-electron chi connectivity index (χ4n) is 3.57. The number of nitrogens with zero attached hydrogens (tertiary/aromatic N) is 3. The van der Waals surface area contributed by atoms with Gasteiger partial charge in [0, 0.05) is 38.6 Å². The number of hydrogen-bond acceptors (Lipinski definition) is 5. The number of imidazole rings is 1. The Morgan fingerprint density at radius 1 is 1.38 bits per heavy atom. The number of aromatic nitrogens is 2. The van der Waals surface area contributed by atoms with Crippen LogP contribution in [0.25, 0.3) is 5.69 Å². The number of benzene rings is 1. The summed E-state index contributed by atoms with van der Waals surface area (Å²) in [7, 11) is 0. The molecule has 1 saturated heterocycles. The van der Waals surface area contributed by atoms with E-state index < -0.39 is 0 Å². The van der Waals surface area contributed by atoms with E-state index in [1.165, 1.54) is 22.9 Å². The van der Waals surface area contributed by atoms with Crippen molar-refractivity contribution >= 4 is 17.7 Å². The lowest BCUT2D eigenvalue weighted by Crippen LogP contribution is -2.48. The van der Waals surface area contributed by atoms with Crippen LogP contribution in [0.1, 0.15) is 25.0 Å². The van der Waals surface area contributed by atoms with Gasteiger partial charge in [-0.1, -0.05) is 37.7 Å². The molecule has 3 rings (SSSR count). The van der Waals surface area contributed by atoms with Crippen molar-refractivity contribution in [3.05, 3.63) is 41.7 Å². The number of carbonyl (C=O) groups excluding carboxylic acids is 1. The summed E-state index contributed by atoms with van der Waals surface area (Å²) < 4.78 is 7.86. The second kappa shape index (κ2) is 10.3. The van der Waals surface area contributed by atoms with Gasteiger partial charge in [-0.3, -0.25) is 14.3 Å². The Kier molecular flexibility index (Phi) is 7.75. The monoisotopic (exact) mass is 416 g/mol. The first kappa shape index (κ1) is 21.9. The highest BCUT2D eigenvalue weighted by molar-refractivity contribution is 7.99. The Morgan fingerprint density at radius 3 is 3.00 bits per heavy atom. The third-order valence-corrected chi connectivity index (χ3v) is 6.11. The number of amides is 1. The third kappa shape index (κ3) is 6.07. The van der Waals surface area contributed by atoms with Gasteiger partial charge in [0.15, 0.2) is 5.16 Å². The van der Waals surface area contributed by atoms with Gasteiger partial charge in [-0.15, -0.1) is 0 Å². The summed E-state index contributed by atoms with van der Waals surface area (Å²) >= 11 is 1.46. The van der Waals surface area contributed by atoms with E-state index in [0.29, 0.717) is 18.2 Å². The number of carbonyl (C=O) groups is 1. The highest BCUT2D eigenvalue weighted by Crippen LogP contribution is 2.24. The van der Waals surface area contributed by atoms with Crippen LogP contribution in [0.5, 0.6) is 0 Å². The average molecular weight is 417 g/mol. The summed E-state index contributed by atoms with van der Waals surface area (Å²) in [6.07, 6.45) is 3.79. The van der Waals surface area contributed by atoms with Crippen LogP contribution < -0.4 is 5.32 Å². The van der Waals surface area contributed by atoms with E-state index in [1.807, 2.05) is 16.8 Å². The van der Waals surface area contributed by atoms with Crippen molar-refractivity contribution < 1.29 is 9.53 Å². The largest absolute Gasteiger partial charge is 0.374 e. The van der Waals surface area contributed by atoms with Crippen molar-refractivity contribution in [1.82, 2.24) is 19.8 Å². The number of thioether (sulfide) groups is 1. The van der Waals surface area contributed by atoms with E-state index in [-0.39, 0.29) is 12.0 Å². The minimum absolute atomic E-state index is 0.00935. The molecule has 0 spiro atoms. The molecule has 1 aliphatic heterocycles. The lowest BCUT2D eigenvalue weighted by molar-refractivity contribution is -0.119. The fourth-order valence-corrected chi connectivity index (χ4v) is 4.37. The van der Waals surface area contributed by atoms with Gasteiger partial charge in [0.1, 0.15) is 0 Å². The molecule has 0 saturated carbocycles. The molecule has 29 heavy (non-hydrogen) atoms. The van der Waals surface area contributed by atoms with Crippen LogP contribution >= 0.6 is 11.8 Å². The lowest BCUT2D eigenvalue weighted by atomic mass is 10.1. The van der Waals surface area contributed by atoms with Crippen LogP contribution in [0.3, 0.4) is 0 Å². The van der Waals surface area contributed by atoms with Gasteiger partial charge in [-0.2, -0.15) is 0 Å². The second-order valence-corrected chi connectivity index (χ2v) is 8.98. The molecule has 0 bridgehead atoms. The first-order valence-electron chi connectivity index (χ1n) is 10.3. The normalized spacial score (nSPS) is 17.6. The van der Waals surface area contributed by atoms with Gasteiger partial charge < -0.3 is 10.1 Å². The maximum Gasteiger partial charge on any atom is 0.230 e. The number of rotatable bonds is 8. The zero-order valence-corrected chi connectivity index (χ0v) is 18.7. The van der Waals surface area contributed by atoms with E-state index in [9.17, 15) is 4.79 Å². The molecule has 7 heteroatoms. The van der Waals surface area contributed by atoms with Crippen molar-refractivity contribution in [2.45, 2.75) is 39.0 Å². The van der Waals surface area contributed by atoms with E-state index in [2.05, 4.69) is 55.0 Å². The molecule has 1 aromatic heterocycles. The van der Waals surface area contributed by atoms with Crippen molar-refractivity contribution in [3.8, 4) is 5.69 Å².